The van der Waals surface area contributed by atoms with Gasteiger partial charge in [-0.05, 0) is 37.7 Å². The Balaban J connectivity index is 1.80. The molecule has 3 nitrogen and oxygen atoms in total. The molecule has 0 spiro atoms. The summed E-state index contributed by atoms with van der Waals surface area (Å²) in [5, 5.41) is 0. The molecular formula is C20H31NO2. The average Bonchev–Trinajstić information content (AvgIpc) is 2.62. The first-order chi connectivity index (χ1) is 11.3. The van der Waals surface area contributed by atoms with E-state index in [4.69, 9.17) is 10.5 Å². The highest BCUT2D eigenvalue weighted by molar-refractivity contribution is 5.76. The predicted molar refractivity (Wildman–Crippen MR) is 94.2 cm³/mol. The largest absolute Gasteiger partial charge is 0.461 e. The first kappa shape index (κ1) is 18.0. The van der Waals surface area contributed by atoms with E-state index in [1.807, 2.05) is 30.3 Å². The van der Waals surface area contributed by atoms with E-state index in [9.17, 15) is 4.79 Å². The third kappa shape index (κ3) is 7.17. The Hall–Kier alpha value is -1.35. The Bertz CT molecular complexity index is 434. The molecule has 1 aromatic carbocycles. The van der Waals surface area contributed by atoms with E-state index < -0.39 is 6.04 Å². The second-order valence-electron chi connectivity index (χ2n) is 6.76. The van der Waals surface area contributed by atoms with E-state index in [2.05, 4.69) is 0 Å². The third-order valence-corrected chi connectivity index (χ3v) is 4.69. The number of hydrogen-bond donors (Lipinski definition) is 1. The van der Waals surface area contributed by atoms with Gasteiger partial charge < -0.3 is 10.5 Å². The Morgan fingerprint density at radius 1 is 0.957 bits per heavy atom. The minimum atomic E-state index is -0.560. The molecule has 0 amide bonds. The number of hydrogen-bond acceptors (Lipinski definition) is 3. The van der Waals surface area contributed by atoms with Gasteiger partial charge in [0.25, 0.3) is 0 Å². The van der Waals surface area contributed by atoms with Crippen molar-refractivity contribution in [2.24, 2.45) is 5.73 Å². The fourth-order valence-corrected chi connectivity index (χ4v) is 3.27. The van der Waals surface area contributed by atoms with Crippen LogP contribution in [0.2, 0.25) is 0 Å². The van der Waals surface area contributed by atoms with Crippen LogP contribution < -0.4 is 5.73 Å². The second kappa shape index (κ2) is 10.4. The zero-order valence-electron chi connectivity index (χ0n) is 14.2. The van der Waals surface area contributed by atoms with E-state index >= 15 is 0 Å². The van der Waals surface area contributed by atoms with Crippen molar-refractivity contribution in [3.63, 3.8) is 0 Å². The van der Waals surface area contributed by atoms with E-state index in [-0.39, 0.29) is 12.1 Å². The van der Waals surface area contributed by atoms with Crippen LogP contribution in [0.4, 0.5) is 0 Å². The van der Waals surface area contributed by atoms with Gasteiger partial charge in [0.1, 0.15) is 12.1 Å². The van der Waals surface area contributed by atoms with E-state index in [0.29, 0.717) is 6.42 Å². The summed E-state index contributed by atoms with van der Waals surface area (Å²) in [7, 11) is 0. The van der Waals surface area contributed by atoms with Crippen molar-refractivity contribution in [2.75, 3.05) is 0 Å². The molecule has 2 N–H and O–H groups in total. The van der Waals surface area contributed by atoms with E-state index in [1.54, 1.807) is 0 Å². The molecule has 0 bridgehead atoms. The lowest BCUT2D eigenvalue weighted by molar-refractivity contribution is -0.151. The van der Waals surface area contributed by atoms with Crippen LogP contribution in [0.25, 0.3) is 0 Å². The Morgan fingerprint density at radius 2 is 1.48 bits per heavy atom. The number of rotatable bonds is 4. The number of ether oxygens (including phenoxy) is 1. The highest BCUT2D eigenvalue weighted by atomic mass is 16.5. The number of benzene rings is 1. The molecule has 1 atom stereocenters. The van der Waals surface area contributed by atoms with E-state index in [1.165, 1.54) is 38.5 Å². The molecule has 0 aromatic heterocycles. The van der Waals surface area contributed by atoms with Crippen molar-refractivity contribution >= 4 is 5.97 Å². The van der Waals surface area contributed by atoms with Crippen molar-refractivity contribution in [3.8, 4) is 0 Å². The van der Waals surface area contributed by atoms with Gasteiger partial charge in [-0.15, -0.1) is 0 Å². The molecule has 1 aliphatic carbocycles. The van der Waals surface area contributed by atoms with E-state index in [0.717, 1.165) is 31.2 Å². The zero-order chi connectivity index (χ0) is 16.3. The zero-order valence-corrected chi connectivity index (χ0v) is 14.2. The van der Waals surface area contributed by atoms with Crippen LogP contribution in [0.1, 0.15) is 69.8 Å². The minimum Gasteiger partial charge on any atom is -0.461 e. The van der Waals surface area contributed by atoms with Gasteiger partial charge >= 0.3 is 5.97 Å². The number of nitrogens with two attached hydrogens (primary N) is 1. The standard InChI is InChI=1S/C20H31NO2/c21-19(16-17-12-8-7-9-13-17)20(22)23-18-14-10-5-3-1-2-4-6-11-15-18/h7-9,12-13,18-19H,1-6,10-11,14-16,21H2/t19-/m0/s1. The summed E-state index contributed by atoms with van der Waals surface area (Å²) >= 11 is 0. The quantitative estimate of drug-likeness (QED) is 0.838. The predicted octanol–water partition coefficient (Wildman–Crippen LogP) is 4.38. The van der Waals surface area contributed by atoms with Gasteiger partial charge in [-0.25, -0.2) is 0 Å². The first-order valence-electron chi connectivity index (χ1n) is 9.25. The maximum atomic E-state index is 12.3. The topological polar surface area (TPSA) is 52.3 Å². The molecule has 2 rings (SSSR count). The summed E-state index contributed by atoms with van der Waals surface area (Å²) in [5.74, 6) is -0.242. The normalized spacial score (nSPS) is 19.5. The molecule has 23 heavy (non-hydrogen) atoms. The maximum absolute atomic E-state index is 12.3. The molecule has 128 valence electrons. The molecule has 0 heterocycles. The van der Waals surface area contributed by atoms with Crippen molar-refractivity contribution in [3.05, 3.63) is 35.9 Å². The van der Waals surface area contributed by atoms with Gasteiger partial charge in [-0.3, -0.25) is 4.79 Å². The summed E-state index contributed by atoms with van der Waals surface area (Å²) in [5.41, 5.74) is 7.13. The Kier molecular flexibility index (Phi) is 8.16. The van der Waals surface area contributed by atoms with Crippen molar-refractivity contribution in [1.29, 1.82) is 0 Å². The van der Waals surface area contributed by atoms with Gasteiger partial charge in [0.15, 0.2) is 0 Å². The lowest BCUT2D eigenvalue weighted by atomic mass is 10.0. The van der Waals surface area contributed by atoms with Gasteiger partial charge in [-0.1, -0.05) is 68.9 Å². The molecule has 0 unspecified atom stereocenters. The smallest absolute Gasteiger partial charge is 0.323 e. The van der Waals surface area contributed by atoms with Crippen LogP contribution in [-0.2, 0) is 16.0 Å². The number of esters is 1. The van der Waals surface area contributed by atoms with Crippen molar-refractivity contribution in [2.45, 2.75) is 82.8 Å². The van der Waals surface area contributed by atoms with Gasteiger partial charge in [-0.2, -0.15) is 0 Å². The molecule has 0 saturated heterocycles. The second-order valence-corrected chi connectivity index (χ2v) is 6.76. The van der Waals surface area contributed by atoms with Crippen LogP contribution in [0.15, 0.2) is 30.3 Å². The minimum absolute atomic E-state index is 0.0578. The lowest BCUT2D eigenvalue weighted by Gasteiger charge is -2.20. The lowest BCUT2D eigenvalue weighted by Crippen LogP contribution is -2.36. The molecular weight excluding hydrogens is 286 g/mol. The molecule has 3 heteroatoms. The van der Waals surface area contributed by atoms with Crippen LogP contribution in [0.3, 0.4) is 0 Å². The summed E-state index contributed by atoms with van der Waals surface area (Å²) in [6, 6.07) is 9.35. The average molecular weight is 317 g/mol. The summed E-state index contributed by atoms with van der Waals surface area (Å²) in [6.07, 6.45) is 12.7. The Labute approximate surface area is 140 Å². The fraction of sp³-hybridized carbons (Fsp3) is 0.650. The van der Waals surface area contributed by atoms with Crippen LogP contribution in [0, 0.1) is 0 Å². The van der Waals surface area contributed by atoms with Gasteiger partial charge in [0, 0.05) is 0 Å². The van der Waals surface area contributed by atoms with Crippen molar-refractivity contribution < 1.29 is 9.53 Å². The van der Waals surface area contributed by atoms with Crippen molar-refractivity contribution in [1.82, 2.24) is 0 Å². The Morgan fingerprint density at radius 3 is 2.04 bits per heavy atom. The fourth-order valence-electron chi connectivity index (χ4n) is 3.27. The van der Waals surface area contributed by atoms with Crippen LogP contribution >= 0.6 is 0 Å². The van der Waals surface area contributed by atoms with Gasteiger partial charge in [0.2, 0.25) is 0 Å². The molecule has 1 fully saturated rings. The number of carbonyl (C=O) groups excluding carboxylic acids is 1. The van der Waals surface area contributed by atoms with Crippen LogP contribution in [0.5, 0.6) is 0 Å². The third-order valence-electron chi connectivity index (χ3n) is 4.69. The summed E-state index contributed by atoms with van der Waals surface area (Å²) < 4.78 is 5.73. The molecule has 0 radical (unpaired) electrons. The van der Waals surface area contributed by atoms with Crippen LogP contribution in [-0.4, -0.2) is 18.1 Å². The SMILES string of the molecule is N[C@@H](Cc1ccccc1)C(=O)OC1CCCCCCCCCC1. The summed E-state index contributed by atoms with van der Waals surface area (Å²) in [4.78, 5) is 12.3. The monoisotopic (exact) mass is 317 g/mol. The molecule has 1 saturated carbocycles. The first-order valence-corrected chi connectivity index (χ1v) is 9.25. The molecule has 1 aliphatic rings. The molecule has 0 aliphatic heterocycles. The number of carbonyl (C=O) groups is 1. The molecule has 1 aromatic rings. The highest BCUT2D eigenvalue weighted by Crippen LogP contribution is 2.19. The summed E-state index contributed by atoms with van der Waals surface area (Å²) in [6.45, 7) is 0. The maximum Gasteiger partial charge on any atom is 0.323 e. The highest BCUT2D eigenvalue weighted by Gasteiger charge is 2.20. The van der Waals surface area contributed by atoms with Gasteiger partial charge in [0.05, 0.1) is 0 Å².